The molecule has 150 valence electrons. The second-order valence-corrected chi connectivity index (χ2v) is 7.11. The van der Waals surface area contributed by atoms with Gasteiger partial charge in [0.25, 0.3) is 0 Å². The van der Waals surface area contributed by atoms with E-state index in [4.69, 9.17) is 14.2 Å². The fourth-order valence-electron chi connectivity index (χ4n) is 3.21. The summed E-state index contributed by atoms with van der Waals surface area (Å²) < 4.78 is 16.8. The number of guanidine groups is 1. The Labute approximate surface area is 169 Å². The van der Waals surface area contributed by atoms with Gasteiger partial charge in [-0.05, 0) is 53.4 Å². The predicted molar refractivity (Wildman–Crippen MR) is 108 cm³/mol. The Balaban J connectivity index is 2.03. The molecule has 1 aliphatic rings. The largest absolute Gasteiger partial charge is 0.493 e. The number of nitrogens with zero attached hydrogens (tertiary/aromatic N) is 2. The molecule has 1 fully saturated rings. The maximum Gasteiger partial charge on any atom is 0.310 e. The van der Waals surface area contributed by atoms with Gasteiger partial charge in [-0.15, -0.1) is 0 Å². The van der Waals surface area contributed by atoms with Crippen molar-refractivity contribution in [3.8, 4) is 11.5 Å². The minimum Gasteiger partial charge on any atom is -0.493 e. The summed E-state index contributed by atoms with van der Waals surface area (Å²) in [5.74, 6) is 1.88. The van der Waals surface area contributed by atoms with Crippen molar-refractivity contribution < 1.29 is 19.0 Å². The lowest BCUT2D eigenvalue weighted by molar-refractivity contribution is -0.149. The first-order valence-electron chi connectivity index (χ1n) is 9.06. The minimum absolute atomic E-state index is 0.104. The molecule has 1 aromatic rings. The van der Waals surface area contributed by atoms with Gasteiger partial charge < -0.3 is 24.4 Å². The lowest BCUT2D eigenvalue weighted by Gasteiger charge is -2.34. The van der Waals surface area contributed by atoms with Crippen molar-refractivity contribution in [1.29, 1.82) is 0 Å². The van der Waals surface area contributed by atoms with Crippen LogP contribution >= 0.6 is 15.9 Å². The van der Waals surface area contributed by atoms with E-state index in [2.05, 4.69) is 31.1 Å². The van der Waals surface area contributed by atoms with E-state index in [0.717, 1.165) is 35.4 Å². The number of carbonyl (C=O) groups is 1. The van der Waals surface area contributed by atoms with Crippen LogP contribution in [0.1, 0.15) is 25.3 Å². The van der Waals surface area contributed by atoms with Gasteiger partial charge in [0, 0.05) is 26.7 Å². The summed E-state index contributed by atoms with van der Waals surface area (Å²) in [6.07, 6.45) is 1.79. The first-order valence-corrected chi connectivity index (χ1v) is 9.85. The van der Waals surface area contributed by atoms with Gasteiger partial charge in [0.2, 0.25) is 0 Å². The van der Waals surface area contributed by atoms with Crippen molar-refractivity contribution in [2.75, 3.05) is 41.0 Å². The molecule has 1 saturated heterocycles. The number of hydrogen-bond donors (Lipinski definition) is 1. The van der Waals surface area contributed by atoms with Crippen molar-refractivity contribution in [3.05, 3.63) is 22.2 Å². The van der Waals surface area contributed by atoms with E-state index >= 15 is 0 Å². The molecule has 0 spiro atoms. The third-order valence-corrected chi connectivity index (χ3v) is 5.09. The zero-order valence-corrected chi connectivity index (χ0v) is 18.0. The van der Waals surface area contributed by atoms with Crippen LogP contribution < -0.4 is 14.8 Å². The zero-order valence-electron chi connectivity index (χ0n) is 16.4. The first-order chi connectivity index (χ1) is 13.0. The predicted octanol–water partition coefficient (Wildman–Crippen LogP) is 2.82. The fraction of sp³-hybridized carbons (Fsp3) is 0.579. The molecule has 1 aromatic carbocycles. The smallest absolute Gasteiger partial charge is 0.310 e. The molecule has 27 heavy (non-hydrogen) atoms. The number of piperidine rings is 1. The highest BCUT2D eigenvalue weighted by molar-refractivity contribution is 9.10. The van der Waals surface area contributed by atoms with Gasteiger partial charge in [-0.25, -0.2) is 0 Å². The number of esters is 1. The molecule has 0 aliphatic carbocycles. The number of methoxy groups -OCH3 is 2. The Morgan fingerprint density at radius 2 is 2.15 bits per heavy atom. The third kappa shape index (κ3) is 5.51. The number of aliphatic imine (C=N–C) groups is 1. The second kappa shape index (κ2) is 10.4. The van der Waals surface area contributed by atoms with Crippen molar-refractivity contribution >= 4 is 27.9 Å². The molecule has 8 heteroatoms. The lowest BCUT2D eigenvalue weighted by atomic mass is 9.98. The Morgan fingerprint density at radius 3 is 2.78 bits per heavy atom. The number of benzene rings is 1. The highest BCUT2D eigenvalue weighted by atomic mass is 79.9. The SMILES string of the molecule is CCOC(=O)C1CCCN(C(=NC)NCc2cc(Br)c(OC)c(OC)c2)C1. The molecule has 7 nitrogen and oxygen atoms in total. The standard InChI is InChI=1S/C19H28BrN3O4/c1-5-27-18(24)14-7-6-8-23(12-14)19(21-2)22-11-13-9-15(20)17(26-4)16(10-13)25-3/h9-10,14H,5-8,11-12H2,1-4H3,(H,21,22). The van der Waals surface area contributed by atoms with Crippen LogP contribution in [0.25, 0.3) is 0 Å². The van der Waals surface area contributed by atoms with Crippen LogP contribution in [0.4, 0.5) is 0 Å². The molecule has 1 N–H and O–H groups in total. The topological polar surface area (TPSA) is 72.4 Å². The van der Waals surface area contributed by atoms with E-state index in [9.17, 15) is 4.79 Å². The van der Waals surface area contributed by atoms with Gasteiger partial charge in [0.15, 0.2) is 17.5 Å². The molecular weight excluding hydrogens is 414 g/mol. The van der Waals surface area contributed by atoms with Crippen LogP contribution in [0.2, 0.25) is 0 Å². The average Bonchev–Trinajstić information content (AvgIpc) is 2.68. The number of nitrogens with one attached hydrogen (secondary N) is 1. The highest BCUT2D eigenvalue weighted by Gasteiger charge is 2.28. The number of ether oxygens (including phenoxy) is 3. The van der Waals surface area contributed by atoms with Crippen LogP contribution in [0.5, 0.6) is 11.5 Å². The molecular formula is C19H28BrN3O4. The van der Waals surface area contributed by atoms with E-state index in [1.54, 1.807) is 21.3 Å². The quantitative estimate of drug-likeness (QED) is 0.415. The number of likely N-dealkylation sites (tertiary alicyclic amines) is 1. The summed E-state index contributed by atoms with van der Waals surface area (Å²) in [6.45, 7) is 4.31. The van der Waals surface area contributed by atoms with E-state index in [0.29, 0.717) is 31.2 Å². The molecule has 0 bridgehead atoms. The fourth-order valence-corrected chi connectivity index (χ4v) is 3.86. The summed E-state index contributed by atoms with van der Waals surface area (Å²) in [4.78, 5) is 18.6. The van der Waals surface area contributed by atoms with E-state index in [-0.39, 0.29) is 11.9 Å². The second-order valence-electron chi connectivity index (χ2n) is 6.25. The van der Waals surface area contributed by atoms with Crippen molar-refractivity contribution in [1.82, 2.24) is 10.2 Å². The number of carbonyl (C=O) groups excluding carboxylic acids is 1. The minimum atomic E-state index is -0.124. The van der Waals surface area contributed by atoms with Gasteiger partial charge >= 0.3 is 5.97 Å². The summed E-state index contributed by atoms with van der Waals surface area (Å²) in [7, 11) is 4.98. The normalized spacial score (nSPS) is 17.4. The molecule has 1 aliphatic heterocycles. The van der Waals surface area contributed by atoms with Gasteiger partial charge in [-0.2, -0.15) is 0 Å². The highest BCUT2D eigenvalue weighted by Crippen LogP contribution is 2.36. The molecule has 0 aromatic heterocycles. The number of rotatable bonds is 6. The maximum absolute atomic E-state index is 12.1. The van der Waals surface area contributed by atoms with Gasteiger partial charge in [-0.3, -0.25) is 9.79 Å². The first kappa shape index (κ1) is 21.3. The Morgan fingerprint density at radius 1 is 1.37 bits per heavy atom. The Hall–Kier alpha value is -1.96. The van der Waals surface area contributed by atoms with Gasteiger partial charge in [0.1, 0.15) is 0 Å². The monoisotopic (exact) mass is 441 g/mol. The molecule has 2 rings (SSSR count). The molecule has 1 heterocycles. The number of halogens is 1. The van der Waals surface area contributed by atoms with Gasteiger partial charge in [0.05, 0.1) is 31.2 Å². The Bertz CT molecular complexity index is 681. The number of hydrogen-bond acceptors (Lipinski definition) is 5. The molecule has 1 atom stereocenters. The molecule has 0 radical (unpaired) electrons. The van der Waals surface area contributed by atoms with E-state index < -0.39 is 0 Å². The average molecular weight is 442 g/mol. The Kier molecular flexibility index (Phi) is 8.22. The zero-order chi connectivity index (χ0) is 19.8. The summed E-state index contributed by atoms with van der Waals surface area (Å²) in [5.41, 5.74) is 1.03. The van der Waals surface area contributed by atoms with E-state index in [1.165, 1.54) is 0 Å². The van der Waals surface area contributed by atoms with Crippen LogP contribution in [-0.2, 0) is 16.1 Å². The lowest BCUT2D eigenvalue weighted by Crippen LogP contribution is -2.48. The molecule has 1 unspecified atom stereocenters. The van der Waals surface area contributed by atoms with Crippen LogP contribution in [0, 0.1) is 5.92 Å². The van der Waals surface area contributed by atoms with Crippen molar-refractivity contribution in [2.45, 2.75) is 26.3 Å². The summed E-state index contributed by atoms with van der Waals surface area (Å²) in [6, 6.07) is 3.92. The van der Waals surface area contributed by atoms with Crippen molar-refractivity contribution in [2.24, 2.45) is 10.9 Å². The summed E-state index contributed by atoms with van der Waals surface area (Å²) >= 11 is 3.51. The van der Waals surface area contributed by atoms with Gasteiger partial charge in [-0.1, -0.05) is 0 Å². The maximum atomic E-state index is 12.1. The van der Waals surface area contributed by atoms with Crippen LogP contribution in [0.15, 0.2) is 21.6 Å². The third-order valence-electron chi connectivity index (χ3n) is 4.50. The van der Waals surface area contributed by atoms with Crippen molar-refractivity contribution in [3.63, 3.8) is 0 Å². The molecule has 0 saturated carbocycles. The van der Waals surface area contributed by atoms with E-state index in [1.807, 2.05) is 19.1 Å². The van der Waals surface area contributed by atoms with Crippen LogP contribution in [0.3, 0.4) is 0 Å². The molecule has 0 amide bonds. The summed E-state index contributed by atoms with van der Waals surface area (Å²) in [5, 5.41) is 3.37. The van der Waals surface area contributed by atoms with Crippen LogP contribution in [-0.4, -0.2) is 57.8 Å².